The van der Waals surface area contributed by atoms with E-state index in [4.69, 9.17) is 10.5 Å². The van der Waals surface area contributed by atoms with E-state index in [2.05, 4.69) is 32.3 Å². The fourth-order valence-electron chi connectivity index (χ4n) is 3.53. The Morgan fingerprint density at radius 3 is 2.19 bits per heavy atom. The van der Waals surface area contributed by atoms with E-state index in [-0.39, 0.29) is 0 Å². The maximum absolute atomic E-state index is 6.38. The number of benzene rings is 2. The summed E-state index contributed by atoms with van der Waals surface area (Å²) >= 11 is 0. The molecule has 2 heterocycles. The van der Waals surface area contributed by atoms with Gasteiger partial charge in [-0.05, 0) is 59.3 Å². The minimum absolute atomic E-state index is 0.588. The Bertz CT molecular complexity index is 1140. The second-order valence-electron chi connectivity index (χ2n) is 7.58. The van der Waals surface area contributed by atoms with Crippen molar-refractivity contribution in [3.05, 3.63) is 108 Å². The van der Waals surface area contributed by atoms with Crippen LogP contribution in [0.1, 0.15) is 11.4 Å². The summed E-state index contributed by atoms with van der Waals surface area (Å²) in [6.45, 7) is 1.96. The van der Waals surface area contributed by atoms with Gasteiger partial charge in [-0.2, -0.15) is 0 Å². The highest BCUT2D eigenvalue weighted by Crippen LogP contribution is 2.23. The molecule has 3 N–H and O–H groups in total. The summed E-state index contributed by atoms with van der Waals surface area (Å²) in [4.78, 5) is 11.1. The van der Waals surface area contributed by atoms with E-state index in [9.17, 15) is 0 Å². The van der Waals surface area contributed by atoms with E-state index in [0.717, 1.165) is 39.3 Å². The van der Waals surface area contributed by atoms with Gasteiger partial charge in [0.15, 0.2) is 0 Å². The number of nitrogens with zero attached hydrogens (tertiary/aromatic N) is 3. The Hall–Kier alpha value is -3.90. The van der Waals surface area contributed by atoms with Gasteiger partial charge in [0.1, 0.15) is 5.75 Å². The molecule has 0 atom stereocenters. The first kappa shape index (κ1) is 21.3. The van der Waals surface area contributed by atoms with E-state index in [1.54, 1.807) is 7.11 Å². The van der Waals surface area contributed by atoms with Crippen LogP contribution in [0.2, 0.25) is 0 Å². The van der Waals surface area contributed by atoms with Crippen LogP contribution in [0.25, 0.3) is 10.8 Å². The van der Waals surface area contributed by atoms with Crippen LogP contribution in [0, 0.1) is 0 Å². The molecule has 0 saturated heterocycles. The molecule has 0 radical (unpaired) electrons. The number of rotatable bonds is 9. The molecular formula is C26H27N5O. The Morgan fingerprint density at radius 2 is 1.56 bits per heavy atom. The quantitative estimate of drug-likeness (QED) is 0.410. The third kappa shape index (κ3) is 5.83. The predicted molar refractivity (Wildman–Crippen MR) is 129 cm³/mol. The lowest BCUT2D eigenvalue weighted by atomic mass is 10.1. The van der Waals surface area contributed by atoms with Crippen LogP contribution < -0.4 is 15.8 Å². The number of nitrogens with two attached hydrogens (primary N) is 1. The fraction of sp³-hybridized carbons (Fsp3) is 0.154. The van der Waals surface area contributed by atoms with Crippen LogP contribution >= 0.6 is 0 Å². The van der Waals surface area contributed by atoms with Crippen molar-refractivity contribution in [3.63, 3.8) is 0 Å². The van der Waals surface area contributed by atoms with Crippen molar-refractivity contribution in [3.8, 4) is 5.75 Å². The van der Waals surface area contributed by atoms with Gasteiger partial charge in [0.25, 0.3) is 0 Å². The molecule has 0 bridgehead atoms. The zero-order valence-electron chi connectivity index (χ0n) is 18.1. The van der Waals surface area contributed by atoms with Gasteiger partial charge in [0.05, 0.1) is 18.5 Å². The minimum Gasteiger partial charge on any atom is -0.497 e. The number of nitrogens with one attached hydrogen (secondary N) is 1. The lowest BCUT2D eigenvalue weighted by molar-refractivity contribution is 0.272. The van der Waals surface area contributed by atoms with Gasteiger partial charge in [-0.3, -0.25) is 14.9 Å². The normalized spacial score (nSPS) is 11.6. The molecule has 0 aliphatic rings. The van der Waals surface area contributed by atoms with Gasteiger partial charge in [-0.1, -0.05) is 24.3 Å². The zero-order chi connectivity index (χ0) is 22.2. The number of hydrogen-bond donors (Lipinski definition) is 2. The lowest BCUT2D eigenvalue weighted by Crippen LogP contribution is -2.28. The summed E-state index contributed by atoms with van der Waals surface area (Å²) in [5, 5.41) is 5.58. The third-order valence-corrected chi connectivity index (χ3v) is 5.10. The number of hydrogen-bond acceptors (Lipinski definition) is 6. The zero-order valence-corrected chi connectivity index (χ0v) is 18.1. The van der Waals surface area contributed by atoms with Crippen molar-refractivity contribution < 1.29 is 4.74 Å². The average molecular weight is 426 g/mol. The molecule has 0 fully saturated rings. The van der Waals surface area contributed by atoms with Crippen molar-refractivity contribution in [2.24, 2.45) is 5.73 Å². The maximum atomic E-state index is 6.38. The molecule has 4 aromatic rings. The summed E-state index contributed by atoms with van der Waals surface area (Å²) in [5.41, 5.74) is 10.1. The molecule has 4 rings (SSSR count). The summed E-state index contributed by atoms with van der Waals surface area (Å²) in [7, 11) is 1.68. The van der Waals surface area contributed by atoms with Crippen LogP contribution in [0.4, 0.5) is 5.69 Å². The van der Waals surface area contributed by atoms with E-state index in [1.165, 1.54) is 0 Å². The Balaban J connectivity index is 1.45. The summed E-state index contributed by atoms with van der Waals surface area (Å²) in [6, 6.07) is 24.1. The van der Waals surface area contributed by atoms with Crippen molar-refractivity contribution in [2.75, 3.05) is 19.0 Å². The summed E-state index contributed by atoms with van der Waals surface area (Å²) < 4.78 is 5.30. The molecule has 0 saturated carbocycles. The van der Waals surface area contributed by atoms with Crippen molar-refractivity contribution in [2.45, 2.75) is 13.1 Å². The van der Waals surface area contributed by atoms with E-state index >= 15 is 0 Å². The molecule has 0 aliphatic carbocycles. The van der Waals surface area contributed by atoms with E-state index in [1.807, 2.05) is 79.3 Å². The van der Waals surface area contributed by atoms with Crippen LogP contribution in [0.5, 0.6) is 5.75 Å². The van der Waals surface area contributed by atoms with Gasteiger partial charge >= 0.3 is 0 Å². The number of anilines is 1. The molecular weight excluding hydrogens is 398 g/mol. The molecule has 32 heavy (non-hydrogen) atoms. The Kier molecular flexibility index (Phi) is 6.94. The maximum Gasteiger partial charge on any atom is 0.119 e. The topological polar surface area (TPSA) is 76.3 Å². The number of pyridine rings is 2. The first-order chi connectivity index (χ1) is 15.7. The smallest absolute Gasteiger partial charge is 0.119 e. The SMILES string of the molecule is COc1ccc2cc(N/C=C(\N)CN(Cc3ccccn3)Cc3ccccn3)ccc2c1. The largest absolute Gasteiger partial charge is 0.497 e. The lowest BCUT2D eigenvalue weighted by Gasteiger charge is -2.22. The highest BCUT2D eigenvalue weighted by Gasteiger charge is 2.10. The fourth-order valence-corrected chi connectivity index (χ4v) is 3.53. The predicted octanol–water partition coefficient (Wildman–Crippen LogP) is 4.55. The molecule has 0 unspecified atom stereocenters. The van der Waals surface area contributed by atoms with Crippen LogP contribution in [0.3, 0.4) is 0 Å². The van der Waals surface area contributed by atoms with Crippen molar-refractivity contribution in [1.82, 2.24) is 14.9 Å². The summed E-state index contributed by atoms with van der Waals surface area (Å²) in [5.74, 6) is 0.850. The molecule has 6 nitrogen and oxygen atoms in total. The Morgan fingerprint density at radius 1 is 0.906 bits per heavy atom. The highest BCUT2D eigenvalue weighted by atomic mass is 16.5. The second-order valence-corrected chi connectivity index (χ2v) is 7.58. The van der Waals surface area contributed by atoms with Crippen molar-refractivity contribution >= 4 is 16.5 Å². The molecule has 0 spiro atoms. The monoisotopic (exact) mass is 425 g/mol. The molecule has 162 valence electrons. The Labute approximate surface area is 188 Å². The first-order valence-corrected chi connectivity index (χ1v) is 10.5. The molecule has 0 aliphatic heterocycles. The number of ether oxygens (including phenoxy) is 1. The summed E-state index contributed by atoms with van der Waals surface area (Å²) in [6.07, 6.45) is 5.48. The van der Waals surface area contributed by atoms with Crippen LogP contribution in [-0.4, -0.2) is 28.5 Å². The van der Waals surface area contributed by atoms with Gasteiger partial charge in [-0.15, -0.1) is 0 Å². The third-order valence-electron chi connectivity index (χ3n) is 5.10. The van der Waals surface area contributed by atoms with Gasteiger partial charge in [0.2, 0.25) is 0 Å². The highest BCUT2D eigenvalue weighted by molar-refractivity contribution is 5.87. The minimum atomic E-state index is 0.588. The van der Waals surface area contributed by atoms with Gasteiger partial charge in [-0.25, -0.2) is 0 Å². The van der Waals surface area contributed by atoms with E-state index in [0.29, 0.717) is 19.6 Å². The first-order valence-electron chi connectivity index (χ1n) is 10.5. The van der Waals surface area contributed by atoms with Crippen molar-refractivity contribution in [1.29, 1.82) is 0 Å². The average Bonchev–Trinajstić information content (AvgIpc) is 2.83. The van der Waals surface area contributed by atoms with Gasteiger partial charge < -0.3 is 15.8 Å². The second kappa shape index (κ2) is 10.4. The van der Waals surface area contributed by atoms with Crippen LogP contribution in [-0.2, 0) is 13.1 Å². The number of aromatic nitrogens is 2. The van der Waals surface area contributed by atoms with E-state index < -0.39 is 0 Å². The molecule has 6 heteroatoms. The van der Waals surface area contributed by atoms with Gasteiger partial charge in [0, 0.05) is 49.6 Å². The van der Waals surface area contributed by atoms with Crippen LogP contribution in [0.15, 0.2) is 97.1 Å². The number of fused-ring (bicyclic) bond motifs is 1. The molecule has 2 aromatic heterocycles. The molecule has 2 aromatic carbocycles. The standard InChI is InChI=1S/C26H27N5O/c1-32-26-11-9-20-14-23(10-8-21(20)15-26)30-16-22(27)17-31(18-24-6-2-4-12-28-24)19-25-7-3-5-13-29-25/h2-16,30H,17-19,27H2,1H3/b22-16-. The number of methoxy groups -OCH3 is 1. The molecule has 0 amide bonds.